The van der Waals surface area contributed by atoms with E-state index in [0.29, 0.717) is 6.54 Å². The molecule has 0 aliphatic heterocycles. The van der Waals surface area contributed by atoms with Crippen molar-refractivity contribution in [3.63, 3.8) is 0 Å². The standard InChI is InChI=1S/C14H17FN2O4/c1-3-6-16-14(20)17-13(19)8-21-10-4-5-11(9(2)18)12(15)7-10/h4-5,7H,3,6,8H2,1-2H3,(H2,16,17,19,20). The molecule has 1 aromatic carbocycles. The smallest absolute Gasteiger partial charge is 0.321 e. The second-order valence-electron chi connectivity index (χ2n) is 4.29. The lowest BCUT2D eigenvalue weighted by atomic mass is 10.1. The molecule has 21 heavy (non-hydrogen) atoms. The number of nitrogens with one attached hydrogen (secondary N) is 2. The highest BCUT2D eigenvalue weighted by Gasteiger charge is 2.11. The molecule has 2 N–H and O–H groups in total. The van der Waals surface area contributed by atoms with Crippen LogP contribution in [-0.2, 0) is 4.79 Å². The lowest BCUT2D eigenvalue weighted by Gasteiger charge is -2.08. The first-order chi connectivity index (χ1) is 9.93. The molecule has 0 saturated carbocycles. The second-order valence-corrected chi connectivity index (χ2v) is 4.29. The lowest BCUT2D eigenvalue weighted by molar-refractivity contribution is -0.122. The summed E-state index contributed by atoms with van der Waals surface area (Å²) >= 11 is 0. The third-order valence-corrected chi connectivity index (χ3v) is 2.48. The van der Waals surface area contributed by atoms with Gasteiger partial charge in [0.25, 0.3) is 5.91 Å². The molecule has 0 fully saturated rings. The molecule has 7 heteroatoms. The number of ketones is 1. The van der Waals surface area contributed by atoms with Crippen molar-refractivity contribution < 1.29 is 23.5 Å². The van der Waals surface area contributed by atoms with Crippen LogP contribution >= 0.6 is 0 Å². The number of benzene rings is 1. The Kier molecular flexibility index (Phi) is 6.32. The molecular weight excluding hydrogens is 279 g/mol. The fourth-order valence-electron chi connectivity index (χ4n) is 1.47. The predicted octanol–water partition coefficient (Wildman–Crippen LogP) is 1.64. The van der Waals surface area contributed by atoms with Crippen molar-refractivity contribution in [3.8, 4) is 5.75 Å². The van der Waals surface area contributed by atoms with E-state index in [2.05, 4.69) is 10.6 Å². The molecule has 1 aromatic rings. The van der Waals surface area contributed by atoms with Gasteiger partial charge in [0.2, 0.25) is 0 Å². The molecular formula is C14H17FN2O4. The summed E-state index contributed by atoms with van der Waals surface area (Å²) in [7, 11) is 0. The van der Waals surface area contributed by atoms with Crippen molar-refractivity contribution >= 4 is 17.7 Å². The number of hydrogen-bond donors (Lipinski definition) is 2. The zero-order valence-corrected chi connectivity index (χ0v) is 11.9. The number of amides is 3. The minimum Gasteiger partial charge on any atom is -0.484 e. The molecule has 3 amide bonds. The second kappa shape index (κ2) is 7.98. The normalized spacial score (nSPS) is 9.86. The first-order valence-electron chi connectivity index (χ1n) is 6.45. The van der Waals surface area contributed by atoms with Crippen LogP contribution in [0.2, 0.25) is 0 Å². The van der Waals surface area contributed by atoms with Crippen molar-refractivity contribution in [2.75, 3.05) is 13.2 Å². The molecule has 0 heterocycles. The predicted molar refractivity (Wildman–Crippen MR) is 73.7 cm³/mol. The largest absolute Gasteiger partial charge is 0.484 e. The number of ether oxygens (including phenoxy) is 1. The topological polar surface area (TPSA) is 84.5 Å². The van der Waals surface area contributed by atoms with Gasteiger partial charge in [-0.2, -0.15) is 0 Å². The van der Waals surface area contributed by atoms with Gasteiger partial charge in [0, 0.05) is 12.6 Å². The van der Waals surface area contributed by atoms with Gasteiger partial charge in [-0.3, -0.25) is 14.9 Å². The Bertz CT molecular complexity index is 546. The lowest BCUT2D eigenvalue weighted by Crippen LogP contribution is -2.41. The molecule has 0 unspecified atom stereocenters. The Hall–Kier alpha value is -2.44. The van der Waals surface area contributed by atoms with Gasteiger partial charge in [0.05, 0.1) is 5.56 Å². The first kappa shape index (κ1) is 16.6. The van der Waals surface area contributed by atoms with E-state index >= 15 is 0 Å². The maximum absolute atomic E-state index is 13.5. The number of Topliss-reactive ketones (excluding diaryl/α,β-unsaturated/α-hetero) is 1. The van der Waals surface area contributed by atoms with E-state index in [9.17, 15) is 18.8 Å². The fourth-order valence-corrected chi connectivity index (χ4v) is 1.47. The summed E-state index contributed by atoms with van der Waals surface area (Å²) in [6, 6.07) is 3.06. The summed E-state index contributed by atoms with van der Waals surface area (Å²) in [5.41, 5.74) is -0.0502. The summed E-state index contributed by atoms with van der Waals surface area (Å²) in [5.74, 6) is -1.67. The average Bonchev–Trinajstić information content (AvgIpc) is 2.42. The van der Waals surface area contributed by atoms with Gasteiger partial charge in [-0.05, 0) is 25.5 Å². The maximum atomic E-state index is 13.5. The van der Waals surface area contributed by atoms with Crippen LogP contribution in [0.5, 0.6) is 5.75 Å². The highest BCUT2D eigenvalue weighted by Crippen LogP contribution is 2.16. The van der Waals surface area contributed by atoms with Gasteiger partial charge < -0.3 is 10.1 Å². The van der Waals surface area contributed by atoms with Gasteiger partial charge >= 0.3 is 6.03 Å². The van der Waals surface area contributed by atoms with Crippen LogP contribution < -0.4 is 15.4 Å². The zero-order chi connectivity index (χ0) is 15.8. The highest BCUT2D eigenvalue weighted by atomic mass is 19.1. The first-order valence-corrected chi connectivity index (χ1v) is 6.45. The Morgan fingerprint density at radius 2 is 2.00 bits per heavy atom. The minimum atomic E-state index is -0.721. The van der Waals surface area contributed by atoms with Crippen molar-refractivity contribution in [1.82, 2.24) is 10.6 Å². The fraction of sp³-hybridized carbons (Fsp3) is 0.357. The average molecular weight is 296 g/mol. The van der Waals surface area contributed by atoms with Crippen LogP contribution in [0.4, 0.5) is 9.18 Å². The van der Waals surface area contributed by atoms with E-state index in [-0.39, 0.29) is 11.3 Å². The Morgan fingerprint density at radius 1 is 1.29 bits per heavy atom. The Morgan fingerprint density at radius 3 is 2.57 bits per heavy atom. The molecule has 1 rings (SSSR count). The number of imide groups is 1. The maximum Gasteiger partial charge on any atom is 0.321 e. The van der Waals surface area contributed by atoms with Crippen LogP contribution in [0.3, 0.4) is 0 Å². The Balaban J connectivity index is 2.48. The van der Waals surface area contributed by atoms with Crippen LogP contribution in [0, 0.1) is 5.82 Å². The molecule has 0 bridgehead atoms. The van der Waals surface area contributed by atoms with Crippen LogP contribution in [0.25, 0.3) is 0 Å². The van der Waals surface area contributed by atoms with Gasteiger partial charge in [-0.15, -0.1) is 0 Å². The summed E-state index contributed by atoms with van der Waals surface area (Å²) < 4.78 is 18.6. The summed E-state index contributed by atoms with van der Waals surface area (Å²) in [6.45, 7) is 3.15. The number of hydrogen-bond acceptors (Lipinski definition) is 4. The highest BCUT2D eigenvalue weighted by molar-refractivity contribution is 5.95. The number of carbonyl (C=O) groups is 3. The van der Waals surface area contributed by atoms with Gasteiger partial charge in [0.15, 0.2) is 12.4 Å². The van der Waals surface area contributed by atoms with Crippen molar-refractivity contribution in [1.29, 1.82) is 0 Å². The molecule has 0 spiro atoms. The van der Waals surface area contributed by atoms with Crippen molar-refractivity contribution in [2.24, 2.45) is 0 Å². The quantitative estimate of drug-likeness (QED) is 0.782. The van der Waals surface area contributed by atoms with E-state index in [1.807, 2.05) is 6.92 Å². The SMILES string of the molecule is CCCNC(=O)NC(=O)COc1ccc(C(C)=O)c(F)c1. The van der Waals surface area contributed by atoms with E-state index in [1.165, 1.54) is 19.1 Å². The van der Waals surface area contributed by atoms with Crippen LogP contribution in [-0.4, -0.2) is 30.9 Å². The molecule has 0 aromatic heterocycles. The molecule has 0 radical (unpaired) electrons. The molecule has 114 valence electrons. The van der Waals surface area contributed by atoms with Gasteiger partial charge in [-0.25, -0.2) is 9.18 Å². The number of urea groups is 1. The van der Waals surface area contributed by atoms with Crippen molar-refractivity contribution in [3.05, 3.63) is 29.6 Å². The molecule has 0 saturated heterocycles. The molecule has 0 atom stereocenters. The number of rotatable bonds is 6. The van der Waals surface area contributed by atoms with Crippen LogP contribution in [0.15, 0.2) is 18.2 Å². The summed E-state index contributed by atoms with van der Waals surface area (Å²) in [5, 5.41) is 4.53. The molecule has 6 nitrogen and oxygen atoms in total. The minimum absolute atomic E-state index is 0.0502. The van der Waals surface area contributed by atoms with E-state index < -0.39 is 30.1 Å². The third-order valence-electron chi connectivity index (χ3n) is 2.48. The zero-order valence-electron chi connectivity index (χ0n) is 11.9. The van der Waals surface area contributed by atoms with Crippen molar-refractivity contribution in [2.45, 2.75) is 20.3 Å². The van der Waals surface area contributed by atoms with E-state index in [1.54, 1.807) is 0 Å². The summed E-state index contributed by atoms with van der Waals surface area (Å²) in [4.78, 5) is 33.7. The van der Waals surface area contributed by atoms with E-state index in [0.717, 1.165) is 12.5 Å². The Labute approximate surface area is 121 Å². The monoisotopic (exact) mass is 296 g/mol. The third kappa shape index (κ3) is 5.60. The molecule has 0 aliphatic carbocycles. The number of halogens is 1. The molecule has 0 aliphatic rings. The van der Waals surface area contributed by atoms with Gasteiger partial charge in [0.1, 0.15) is 11.6 Å². The number of carbonyl (C=O) groups excluding carboxylic acids is 3. The summed E-state index contributed by atoms with van der Waals surface area (Å²) in [6.07, 6.45) is 0.750. The van der Waals surface area contributed by atoms with Crippen LogP contribution in [0.1, 0.15) is 30.6 Å². The van der Waals surface area contributed by atoms with Gasteiger partial charge in [-0.1, -0.05) is 6.92 Å². The van der Waals surface area contributed by atoms with E-state index in [4.69, 9.17) is 4.74 Å².